The molecule has 0 bridgehead atoms. The molecule has 0 spiro atoms. The van der Waals surface area contributed by atoms with Crippen LogP contribution in [0.5, 0.6) is 0 Å². The summed E-state index contributed by atoms with van der Waals surface area (Å²) in [5.74, 6) is -0.220. The Kier molecular flexibility index (Phi) is 4.06. The fourth-order valence-corrected chi connectivity index (χ4v) is 2.58. The summed E-state index contributed by atoms with van der Waals surface area (Å²) in [6.45, 7) is 2.23. The van der Waals surface area contributed by atoms with Gasteiger partial charge in [-0.3, -0.25) is 0 Å². The lowest BCUT2D eigenvalue weighted by molar-refractivity contribution is -0.137. The molecule has 2 aromatic rings. The monoisotopic (exact) mass is 326 g/mol. The highest BCUT2D eigenvalue weighted by atomic mass is 19.4. The first-order chi connectivity index (χ1) is 10.9. The molecule has 1 aromatic carbocycles. The van der Waals surface area contributed by atoms with Crippen molar-refractivity contribution in [2.24, 2.45) is 0 Å². The Morgan fingerprint density at radius 2 is 1.52 bits per heavy atom. The van der Waals surface area contributed by atoms with Gasteiger partial charge in [-0.25, -0.2) is 14.4 Å². The first-order valence-electron chi connectivity index (χ1n) is 7.08. The van der Waals surface area contributed by atoms with Gasteiger partial charge in [0, 0.05) is 31.9 Å². The fraction of sp³-hybridized carbons (Fsp3) is 0.333. The number of nitrogens with zero attached hydrogens (tertiary/aromatic N) is 4. The van der Waals surface area contributed by atoms with Gasteiger partial charge in [-0.05, 0) is 24.3 Å². The van der Waals surface area contributed by atoms with Crippen molar-refractivity contribution in [3.63, 3.8) is 0 Å². The third-order valence-electron chi connectivity index (χ3n) is 3.79. The second kappa shape index (κ2) is 6.02. The van der Waals surface area contributed by atoms with Gasteiger partial charge < -0.3 is 9.80 Å². The van der Waals surface area contributed by atoms with Crippen molar-refractivity contribution in [3.05, 3.63) is 48.2 Å². The topological polar surface area (TPSA) is 32.3 Å². The number of hydrogen-bond acceptors (Lipinski definition) is 4. The minimum absolute atomic E-state index is 0.257. The first-order valence-corrected chi connectivity index (χ1v) is 7.08. The summed E-state index contributed by atoms with van der Waals surface area (Å²) in [7, 11) is 0. The second-order valence-electron chi connectivity index (χ2n) is 5.21. The van der Waals surface area contributed by atoms with Crippen LogP contribution in [-0.2, 0) is 6.18 Å². The largest absolute Gasteiger partial charge is 0.416 e. The maximum absolute atomic E-state index is 13.7. The van der Waals surface area contributed by atoms with E-state index in [4.69, 9.17) is 0 Å². The summed E-state index contributed by atoms with van der Waals surface area (Å²) in [5.41, 5.74) is 0.0590. The number of halogens is 4. The summed E-state index contributed by atoms with van der Waals surface area (Å²) in [4.78, 5) is 11.3. The van der Waals surface area contributed by atoms with Crippen LogP contribution >= 0.6 is 0 Å². The maximum Gasteiger partial charge on any atom is 0.416 e. The summed E-state index contributed by atoms with van der Waals surface area (Å²) >= 11 is 0. The Morgan fingerprint density at radius 1 is 0.913 bits per heavy atom. The van der Waals surface area contributed by atoms with E-state index in [0.29, 0.717) is 26.2 Å². The Bertz CT molecular complexity index is 664. The Labute approximate surface area is 130 Å². The normalized spacial score (nSPS) is 15.8. The fourth-order valence-electron chi connectivity index (χ4n) is 2.58. The minimum Gasteiger partial charge on any atom is -0.368 e. The van der Waals surface area contributed by atoms with E-state index in [1.807, 2.05) is 4.90 Å². The molecule has 0 atom stereocenters. The van der Waals surface area contributed by atoms with Gasteiger partial charge in [-0.2, -0.15) is 13.2 Å². The third kappa shape index (κ3) is 3.35. The van der Waals surface area contributed by atoms with Crippen LogP contribution in [0.3, 0.4) is 0 Å². The molecule has 1 aromatic heterocycles. The molecule has 1 fully saturated rings. The molecule has 2 heterocycles. The van der Waals surface area contributed by atoms with Crippen molar-refractivity contribution in [2.45, 2.75) is 6.18 Å². The molecule has 0 amide bonds. The first kappa shape index (κ1) is 15.5. The van der Waals surface area contributed by atoms with Crippen LogP contribution < -0.4 is 9.80 Å². The van der Waals surface area contributed by atoms with E-state index >= 15 is 0 Å². The van der Waals surface area contributed by atoms with Gasteiger partial charge in [0.25, 0.3) is 0 Å². The molecule has 4 nitrogen and oxygen atoms in total. The van der Waals surface area contributed by atoms with Gasteiger partial charge >= 0.3 is 6.18 Å². The average Bonchev–Trinajstić information content (AvgIpc) is 2.55. The highest BCUT2D eigenvalue weighted by molar-refractivity contribution is 5.50. The lowest BCUT2D eigenvalue weighted by Gasteiger charge is -2.36. The van der Waals surface area contributed by atoms with Gasteiger partial charge in [-0.1, -0.05) is 0 Å². The van der Waals surface area contributed by atoms with E-state index < -0.39 is 17.6 Å². The van der Waals surface area contributed by atoms with Crippen molar-refractivity contribution in [2.75, 3.05) is 36.0 Å². The van der Waals surface area contributed by atoms with Crippen molar-refractivity contribution in [1.82, 2.24) is 9.97 Å². The molecule has 1 aliphatic rings. The SMILES string of the molecule is Fc1cncnc1N1CCN(c2ccc(C(F)(F)F)cc2)CC1. The predicted octanol–water partition coefficient (Wildman–Crippen LogP) is 2.96. The van der Waals surface area contributed by atoms with Gasteiger partial charge in [0.2, 0.25) is 0 Å². The maximum atomic E-state index is 13.7. The molecule has 0 radical (unpaired) electrons. The summed E-state index contributed by atoms with van der Waals surface area (Å²) in [5, 5.41) is 0. The Balaban J connectivity index is 1.66. The van der Waals surface area contributed by atoms with E-state index in [9.17, 15) is 17.6 Å². The number of alkyl halides is 3. The second-order valence-corrected chi connectivity index (χ2v) is 5.21. The average molecular weight is 326 g/mol. The molecule has 0 saturated carbocycles. The van der Waals surface area contributed by atoms with Crippen molar-refractivity contribution in [1.29, 1.82) is 0 Å². The molecule has 1 aliphatic heterocycles. The minimum atomic E-state index is -4.33. The molecule has 8 heteroatoms. The molecule has 0 N–H and O–H groups in total. The third-order valence-corrected chi connectivity index (χ3v) is 3.79. The van der Waals surface area contributed by atoms with Crippen LogP contribution in [0.1, 0.15) is 5.56 Å². The molecular formula is C15H14F4N4. The summed E-state index contributed by atoms with van der Waals surface area (Å²) in [6, 6.07) is 5.07. The smallest absolute Gasteiger partial charge is 0.368 e. The van der Waals surface area contributed by atoms with Crippen molar-refractivity contribution < 1.29 is 17.6 Å². The number of anilines is 2. The lowest BCUT2D eigenvalue weighted by atomic mass is 10.1. The molecule has 1 saturated heterocycles. The predicted molar refractivity (Wildman–Crippen MR) is 77.9 cm³/mol. The summed E-state index contributed by atoms with van der Waals surface area (Å²) in [6.07, 6.45) is -1.92. The zero-order valence-electron chi connectivity index (χ0n) is 12.1. The van der Waals surface area contributed by atoms with E-state index in [1.165, 1.54) is 18.5 Å². The zero-order valence-corrected chi connectivity index (χ0v) is 12.1. The van der Waals surface area contributed by atoms with Crippen LogP contribution in [0.4, 0.5) is 29.1 Å². The number of aromatic nitrogens is 2. The molecule has 3 rings (SSSR count). The molecule has 122 valence electrons. The van der Waals surface area contributed by atoms with Crippen LogP contribution in [0.15, 0.2) is 36.8 Å². The summed E-state index contributed by atoms with van der Waals surface area (Å²) < 4.78 is 51.4. The van der Waals surface area contributed by atoms with Gasteiger partial charge in [0.1, 0.15) is 6.33 Å². The Morgan fingerprint density at radius 3 is 2.09 bits per heavy atom. The number of hydrogen-bond donors (Lipinski definition) is 0. The van der Waals surface area contributed by atoms with E-state index in [-0.39, 0.29) is 5.82 Å². The van der Waals surface area contributed by atoms with Gasteiger partial charge in [0.05, 0.1) is 11.8 Å². The number of benzene rings is 1. The molecule has 0 aliphatic carbocycles. The number of rotatable bonds is 2. The van der Waals surface area contributed by atoms with Gasteiger partial charge in [0.15, 0.2) is 11.6 Å². The van der Waals surface area contributed by atoms with Crippen LogP contribution in [-0.4, -0.2) is 36.1 Å². The van der Waals surface area contributed by atoms with Crippen LogP contribution in [0.25, 0.3) is 0 Å². The zero-order chi connectivity index (χ0) is 16.4. The molecular weight excluding hydrogens is 312 g/mol. The van der Waals surface area contributed by atoms with E-state index in [1.54, 1.807) is 4.90 Å². The number of piperazine rings is 1. The molecule has 23 heavy (non-hydrogen) atoms. The Hall–Kier alpha value is -2.38. The highest BCUT2D eigenvalue weighted by Gasteiger charge is 2.30. The van der Waals surface area contributed by atoms with Crippen molar-refractivity contribution >= 4 is 11.5 Å². The quantitative estimate of drug-likeness (QED) is 0.794. The molecule has 0 unspecified atom stereocenters. The van der Waals surface area contributed by atoms with Gasteiger partial charge in [-0.15, -0.1) is 0 Å². The standard InChI is InChI=1S/C15H14F4N4/c16-13-9-20-10-21-14(13)23-7-5-22(6-8-23)12-3-1-11(2-4-12)15(17,18)19/h1-4,9-10H,5-8H2. The van der Waals surface area contributed by atoms with E-state index in [2.05, 4.69) is 9.97 Å². The lowest BCUT2D eigenvalue weighted by Crippen LogP contribution is -2.47. The highest BCUT2D eigenvalue weighted by Crippen LogP contribution is 2.30. The van der Waals surface area contributed by atoms with Crippen LogP contribution in [0.2, 0.25) is 0 Å². The van der Waals surface area contributed by atoms with Crippen LogP contribution in [0, 0.1) is 5.82 Å². The van der Waals surface area contributed by atoms with E-state index in [0.717, 1.165) is 24.0 Å². The van der Waals surface area contributed by atoms with Crippen molar-refractivity contribution in [3.8, 4) is 0 Å².